The van der Waals surface area contributed by atoms with Gasteiger partial charge in [0.15, 0.2) is 0 Å². The van der Waals surface area contributed by atoms with Gasteiger partial charge in [-0.2, -0.15) is 12.1 Å². The molecule has 0 bridgehead atoms. The van der Waals surface area contributed by atoms with Crippen molar-refractivity contribution in [3.8, 4) is 0 Å². The summed E-state index contributed by atoms with van der Waals surface area (Å²) in [7, 11) is 0. The van der Waals surface area contributed by atoms with E-state index in [0.717, 1.165) is 0 Å². The molecule has 0 spiro atoms. The smallest absolute Gasteiger partial charge is 0.0579 e. The van der Waals surface area contributed by atoms with Gasteiger partial charge < -0.3 is 24.8 Å². The second-order valence-electron chi connectivity index (χ2n) is 9.58. The summed E-state index contributed by atoms with van der Waals surface area (Å²) in [6.07, 6.45) is 3.76. The predicted octanol–water partition coefficient (Wildman–Crippen LogP) is 3.87. The van der Waals surface area contributed by atoms with Gasteiger partial charge in [0, 0.05) is 0 Å². The van der Waals surface area contributed by atoms with E-state index >= 15 is 0 Å². The Hall–Kier alpha value is -1.70. The van der Waals surface area contributed by atoms with E-state index in [4.69, 9.17) is 0 Å². The molecule has 0 heterocycles. The van der Waals surface area contributed by atoms with Crippen LogP contribution in [-0.4, -0.2) is 5.43 Å². The van der Waals surface area contributed by atoms with E-state index in [1.54, 1.807) is 23.3 Å². The van der Waals surface area contributed by atoms with Crippen LogP contribution in [0.25, 0.3) is 43.1 Å². The Morgan fingerprint density at radius 3 is 1.68 bits per heavy atom. The zero-order valence-electron chi connectivity index (χ0n) is 22.1. The van der Waals surface area contributed by atoms with Crippen LogP contribution < -0.4 is 24.8 Å². The molecular weight excluding hydrogens is 587 g/mol. The first-order valence-electron chi connectivity index (χ1n) is 12.6. The van der Waals surface area contributed by atoms with E-state index in [1.807, 2.05) is 0 Å². The van der Waals surface area contributed by atoms with Gasteiger partial charge >= 0.3 is 41.9 Å². The fourth-order valence-corrected chi connectivity index (χ4v) is 4.67. The molecule has 0 nitrogen and oxygen atoms in total. The van der Waals surface area contributed by atoms with Gasteiger partial charge in [-0.15, -0.1) is 56.9 Å². The summed E-state index contributed by atoms with van der Waals surface area (Å²) >= 11 is 1.74. The number of hydrogen-bond donors (Lipinski definition) is 0. The molecule has 0 unspecified atom stereocenters. The van der Waals surface area contributed by atoms with Crippen LogP contribution >= 0.6 is 0 Å². The molecule has 0 radical (unpaired) electrons. The van der Waals surface area contributed by atoms with Crippen LogP contribution in [0.5, 0.6) is 0 Å². The molecule has 0 N–H and O–H groups in total. The maximum absolute atomic E-state index is 2.37. The van der Waals surface area contributed by atoms with E-state index in [0.29, 0.717) is 0 Å². The molecule has 0 amide bonds. The number of benzene rings is 4. The minimum absolute atomic E-state index is 0. The van der Waals surface area contributed by atoms with Crippen LogP contribution in [0, 0.1) is 6.92 Å². The third kappa shape index (κ3) is 8.14. The molecule has 6 aromatic carbocycles. The SMILES string of the molecule is CCCCc1cc2ccc3ccccc3c2[cH-]1.C[Si](C)=[Zr+2].Cc1cc2ccc3ccccc3c2[cH-]1.[Cl-].[Cl-]. The fraction of sp³-hybridized carbons (Fsp3) is 0.212. The summed E-state index contributed by atoms with van der Waals surface area (Å²) in [6.45, 7) is 9.01. The van der Waals surface area contributed by atoms with E-state index in [9.17, 15) is 0 Å². The van der Waals surface area contributed by atoms with Crippen molar-refractivity contribution in [1.82, 2.24) is 0 Å². The van der Waals surface area contributed by atoms with Gasteiger partial charge in [-0.1, -0.05) is 109 Å². The topological polar surface area (TPSA) is 0 Å². The third-order valence-electron chi connectivity index (χ3n) is 6.25. The number of halogens is 2. The van der Waals surface area contributed by atoms with Crippen LogP contribution in [0.1, 0.15) is 30.9 Å². The molecule has 0 atom stereocenters. The first kappa shape index (κ1) is 31.5. The summed E-state index contributed by atoms with van der Waals surface area (Å²) in [4.78, 5) is 0. The molecule has 0 aliphatic heterocycles. The Morgan fingerprint density at radius 1 is 0.676 bits per heavy atom. The monoisotopic (exact) mass is 618 g/mol. The molecule has 190 valence electrons. The van der Waals surface area contributed by atoms with Gasteiger partial charge in [0.25, 0.3) is 0 Å². The number of aryl methyl sites for hydroxylation is 2. The number of hydrogen-bond acceptors (Lipinski definition) is 0. The third-order valence-corrected chi connectivity index (χ3v) is 6.25. The Labute approximate surface area is 249 Å². The van der Waals surface area contributed by atoms with Gasteiger partial charge in [-0.25, -0.2) is 0 Å². The first-order chi connectivity index (χ1) is 17.0. The maximum atomic E-state index is 2.37. The van der Waals surface area contributed by atoms with Crippen molar-refractivity contribution in [3.63, 3.8) is 0 Å². The predicted molar refractivity (Wildman–Crippen MR) is 155 cm³/mol. The normalized spacial score (nSPS) is 10.2. The van der Waals surface area contributed by atoms with E-state index < -0.39 is 0 Å². The molecule has 37 heavy (non-hydrogen) atoms. The molecule has 0 fully saturated rings. The zero-order chi connectivity index (χ0) is 24.8. The Kier molecular flexibility index (Phi) is 12.8. The summed E-state index contributed by atoms with van der Waals surface area (Å²) in [5.74, 6) is 0. The second-order valence-corrected chi connectivity index (χ2v) is 19.0. The van der Waals surface area contributed by atoms with E-state index in [-0.39, 0.29) is 30.2 Å². The van der Waals surface area contributed by atoms with Crippen LogP contribution in [0.4, 0.5) is 0 Å². The van der Waals surface area contributed by atoms with E-state index in [1.165, 1.54) is 73.5 Å². The van der Waals surface area contributed by atoms with Crippen LogP contribution in [-0.2, 0) is 29.8 Å². The molecule has 0 saturated heterocycles. The largest absolute Gasteiger partial charge is 1.00 e. The summed E-state index contributed by atoms with van der Waals surface area (Å²) < 4.78 is 0. The molecule has 0 saturated carbocycles. The maximum Gasteiger partial charge on any atom is -0.0579 e. The Morgan fingerprint density at radius 2 is 1.14 bits per heavy atom. The summed E-state index contributed by atoms with van der Waals surface area (Å²) in [6, 6.07) is 35.3. The van der Waals surface area contributed by atoms with Gasteiger partial charge in [0.1, 0.15) is 0 Å². The number of rotatable bonds is 3. The van der Waals surface area contributed by atoms with Gasteiger partial charge in [-0.3, -0.25) is 0 Å². The minimum atomic E-state index is 0. The van der Waals surface area contributed by atoms with Crippen molar-refractivity contribution in [1.29, 1.82) is 0 Å². The second kappa shape index (κ2) is 15.0. The van der Waals surface area contributed by atoms with Crippen molar-refractivity contribution in [2.24, 2.45) is 0 Å². The Balaban J connectivity index is 0.000000220. The average molecular weight is 621 g/mol. The summed E-state index contributed by atoms with van der Waals surface area (Å²) in [5, 5.41) is 10.9. The standard InChI is InChI=1S/C17H17.C14H11.C2H6Si.2ClH.Zr/c1-2-3-6-13-11-15-10-9-14-7-4-5-8-16(14)17(15)12-13;1-10-8-12-7-6-11-4-2-3-5-13(11)14(12)9-10;1-3-2;;;/h4-5,7-12H,2-3,6H2,1H3;2-9H,1H3;1-2H3;2*1H;/q2*-1;;;;+2/p-2. The van der Waals surface area contributed by atoms with Crippen molar-refractivity contribution in [3.05, 3.63) is 108 Å². The van der Waals surface area contributed by atoms with Crippen molar-refractivity contribution >= 4 is 48.5 Å². The molecule has 4 heteroatoms. The van der Waals surface area contributed by atoms with Crippen LogP contribution in [0.3, 0.4) is 0 Å². The zero-order valence-corrected chi connectivity index (χ0v) is 27.1. The van der Waals surface area contributed by atoms with Gasteiger partial charge in [0.2, 0.25) is 0 Å². The van der Waals surface area contributed by atoms with Crippen molar-refractivity contribution < 1.29 is 48.1 Å². The van der Waals surface area contributed by atoms with Crippen molar-refractivity contribution in [2.75, 3.05) is 0 Å². The van der Waals surface area contributed by atoms with Crippen molar-refractivity contribution in [2.45, 2.75) is 46.2 Å². The number of unbranched alkanes of at least 4 members (excludes halogenated alkanes) is 1. The Bertz CT molecular complexity index is 1590. The first-order valence-corrected chi connectivity index (χ1v) is 18.8. The van der Waals surface area contributed by atoms with Crippen LogP contribution in [0.2, 0.25) is 13.1 Å². The quantitative estimate of drug-likeness (QED) is 0.208. The molecule has 0 aliphatic rings. The minimum Gasteiger partial charge on any atom is -1.00 e. The number of fused-ring (bicyclic) bond motifs is 6. The van der Waals surface area contributed by atoms with E-state index in [2.05, 4.69) is 124 Å². The molecule has 6 rings (SSSR count). The molecular formula is C33H34Cl2SiZr-2. The summed E-state index contributed by atoms with van der Waals surface area (Å²) in [5.41, 5.74) is 3.04. The molecule has 6 aromatic rings. The molecule has 0 aromatic heterocycles. The van der Waals surface area contributed by atoms with Crippen LogP contribution in [0.15, 0.2) is 97.1 Å². The van der Waals surface area contributed by atoms with Gasteiger partial charge in [0.05, 0.1) is 0 Å². The average Bonchev–Trinajstić information content (AvgIpc) is 3.45. The van der Waals surface area contributed by atoms with Gasteiger partial charge in [-0.05, 0) is 6.42 Å². The molecule has 0 aliphatic carbocycles. The fourth-order valence-electron chi connectivity index (χ4n) is 4.67.